The van der Waals surface area contributed by atoms with E-state index in [0.29, 0.717) is 17.2 Å². The number of benzene rings is 2. The van der Waals surface area contributed by atoms with Crippen molar-refractivity contribution in [2.45, 2.75) is 0 Å². The number of aromatic nitrogens is 1. The third-order valence-corrected chi connectivity index (χ3v) is 3.91. The zero-order chi connectivity index (χ0) is 17.1. The molecular weight excluding hydrogens is 306 g/mol. The van der Waals surface area contributed by atoms with Crippen LogP contribution in [0.5, 0.6) is 23.0 Å². The van der Waals surface area contributed by atoms with Gasteiger partial charge >= 0.3 is 0 Å². The largest absolute Gasteiger partial charge is 0.497 e. The van der Waals surface area contributed by atoms with Crippen molar-refractivity contribution >= 4 is 10.8 Å². The number of rotatable bonds is 5. The second kappa shape index (κ2) is 6.66. The molecule has 0 aliphatic rings. The lowest BCUT2D eigenvalue weighted by atomic mass is 10.1. The molecule has 3 aromatic rings. The summed E-state index contributed by atoms with van der Waals surface area (Å²) < 4.78 is 21.4. The summed E-state index contributed by atoms with van der Waals surface area (Å²) in [6.45, 7) is 0. The molecule has 0 unspecified atom stereocenters. The van der Waals surface area contributed by atoms with Gasteiger partial charge in [-0.1, -0.05) is 0 Å². The Kier molecular flexibility index (Phi) is 4.42. The number of hydrogen-bond acceptors (Lipinski definition) is 5. The average Bonchev–Trinajstić information content (AvgIpc) is 2.65. The summed E-state index contributed by atoms with van der Waals surface area (Å²) in [5.41, 5.74) is 1.71. The lowest BCUT2D eigenvalue weighted by Crippen LogP contribution is -1.93. The molecule has 124 valence electrons. The van der Waals surface area contributed by atoms with Crippen molar-refractivity contribution in [3.63, 3.8) is 0 Å². The molecule has 0 aliphatic heterocycles. The predicted octanol–water partition coefficient (Wildman–Crippen LogP) is 3.94. The van der Waals surface area contributed by atoms with E-state index in [1.54, 1.807) is 28.4 Å². The molecule has 0 aliphatic carbocycles. The van der Waals surface area contributed by atoms with Crippen LogP contribution in [0, 0.1) is 0 Å². The molecule has 24 heavy (non-hydrogen) atoms. The average molecular weight is 325 g/mol. The minimum Gasteiger partial charge on any atom is -0.497 e. The summed E-state index contributed by atoms with van der Waals surface area (Å²) in [6.07, 6.45) is 1.82. The Morgan fingerprint density at radius 2 is 1.33 bits per heavy atom. The van der Waals surface area contributed by atoms with Crippen molar-refractivity contribution in [1.29, 1.82) is 0 Å². The quantitative estimate of drug-likeness (QED) is 0.711. The molecule has 0 amide bonds. The zero-order valence-electron chi connectivity index (χ0n) is 14.1. The fourth-order valence-corrected chi connectivity index (χ4v) is 2.63. The minimum absolute atomic E-state index is 0.682. The number of hydrogen-bond donors (Lipinski definition) is 0. The van der Waals surface area contributed by atoms with Crippen LogP contribution in [0.15, 0.2) is 42.6 Å². The molecule has 0 bridgehead atoms. The lowest BCUT2D eigenvalue weighted by molar-refractivity contribution is 0.356. The summed E-state index contributed by atoms with van der Waals surface area (Å²) in [7, 11) is 6.50. The maximum atomic E-state index is 5.47. The van der Waals surface area contributed by atoms with E-state index in [0.717, 1.165) is 27.8 Å². The zero-order valence-corrected chi connectivity index (χ0v) is 14.1. The van der Waals surface area contributed by atoms with Gasteiger partial charge in [-0.3, -0.25) is 4.98 Å². The molecule has 0 radical (unpaired) electrons. The summed E-state index contributed by atoms with van der Waals surface area (Å²) >= 11 is 0. The van der Waals surface area contributed by atoms with Gasteiger partial charge in [-0.15, -0.1) is 0 Å². The Morgan fingerprint density at radius 3 is 1.96 bits per heavy atom. The predicted molar refractivity (Wildman–Crippen MR) is 93.4 cm³/mol. The minimum atomic E-state index is 0.682. The van der Waals surface area contributed by atoms with Gasteiger partial charge in [-0.25, -0.2) is 0 Å². The number of pyridine rings is 1. The first-order chi connectivity index (χ1) is 11.7. The van der Waals surface area contributed by atoms with Crippen LogP contribution in [0.1, 0.15) is 0 Å². The van der Waals surface area contributed by atoms with Crippen molar-refractivity contribution in [2.24, 2.45) is 0 Å². The maximum absolute atomic E-state index is 5.47. The van der Waals surface area contributed by atoms with Gasteiger partial charge in [0.25, 0.3) is 0 Å². The molecule has 0 fully saturated rings. The highest BCUT2D eigenvalue weighted by Crippen LogP contribution is 2.36. The lowest BCUT2D eigenvalue weighted by Gasteiger charge is -2.12. The van der Waals surface area contributed by atoms with E-state index in [1.807, 2.05) is 42.6 Å². The third kappa shape index (κ3) is 2.80. The number of methoxy groups -OCH3 is 4. The monoisotopic (exact) mass is 325 g/mol. The van der Waals surface area contributed by atoms with Gasteiger partial charge in [0, 0.05) is 23.2 Å². The van der Waals surface area contributed by atoms with Crippen LogP contribution in [0.4, 0.5) is 0 Å². The Bertz CT molecular complexity index is 877. The SMILES string of the molecule is COc1ccc(-c2cc3cc(OC)c(OC)cc3cn2)c(OC)c1. The van der Waals surface area contributed by atoms with Crippen LogP contribution < -0.4 is 18.9 Å². The molecule has 0 saturated carbocycles. The van der Waals surface area contributed by atoms with Crippen molar-refractivity contribution in [1.82, 2.24) is 4.98 Å². The molecule has 5 heteroatoms. The van der Waals surface area contributed by atoms with Gasteiger partial charge in [-0.05, 0) is 35.7 Å². The van der Waals surface area contributed by atoms with Crippen molar-refractivity contribution < 1.29 is 18.9 Å². The molecule has 5 nitrogen and oxygen atoms in total. The molecule has 0 N–H and O–H groups in total. The van der Waals surface area contributed by atoms with Gasteiger partial charge in [0.05, 0.1) is 34.1 Å². The number of ether oxygens (including phenoxy) is 4. The molecular formula is C19H19NO4. The van der Waals surface area contributed by atoms with Crippen LogP contribution in [0.2, 0.25) is 0 Å². The van der Waals surface area contributed by atoms with Crippen LogP contribution in [0.3, 0.4) is 0 Å². The van der Waals surface area contributed by atoms with E-state index in [-0.39, 0.29) is 0 Å². The van der Waals surface area contributed by atoms with E-state index in [2.05, 4.69) is 4.98 Å². The Hall–Kier alpha value is -2.95. The van der Waals surface area contributed by atoms with E-state index in [4.69, 9.17) is 18.9 Å². The standard InChI is InChI=1S/C19H19NO4/c1-21-14-5-6-15(17(10-14)22-2)16-7-12-8-18(23-3)19(24-4)9-13(12)11-20-16/h5-11H,1-4H3. The summed E-state index contributed by atoms with van der Waals surface area (Å²) in [4.78, 5) is 4.55. The Labute approximate surface area is 140 Å². The maximum Gasteiger partial charge on any atom is 0.161 e. The smallest absolute Gasteiger partial charge is 0.161 e. The summed E-state index contributed by atoms with van der Waals surface area (Å²) in [6, 6.07) is 11.5. The van der Waals surface area contributed by atoms with Crippen molar-refractivity contribution in [3.05, 3.63) is 42.6 Å². The topological polar surface area (TPSA) is 49.8 Å². The Morgan fingerprint density at radius 1 is 0.667 bits per heavy atom. The highest BCUT2D eigenvalue weighted by molar-refractivity contribution is 5.89. The first-order valence-electron chi connectivity index (χ1n) is 7.44. The van der Waals surface area contributed by atoms with Crippen LogP contribution in [-0.2, 0) is 0 Å². The van der Waals surface area contributed by atoms with Gasteiger partial charge in [0.2, 0.25) is 0 Å². The number of nitrogens with zero attached hydrogens (tertiary/aromatic N) is 1. The van der Waals surface area contributed by atoms with E-state index >= 15 is 0 Å². The fraction of sp³-hybridized carbons (Fsp3) is 0.211. The molecule has 0 spiro atoms. The first-order valence-corrected chi connectivity index (χ1v) is 7.44. The molecule has 1 aromatic heterocycles. The van der Waals surface area contributed by atoms with Gasteiger partial charge in [0.1, 0.15) is 11.5 Å². The first kappa shape index (κ1) is 15.9. The van der Waals surface area contributed by atoms with Gasteiger partial charge < -0.3 is 18.9 Å². The van der Waals surface area contributed by atoms with Crippen LogP contribution in [0.25, 0.3) is 22.0 Å². The van der Waals surface area contributed by atoms with Crippen LogP contribution >= 0.6 is 0 Å². The third-order valence-electron chi connectivity index (χ3n) is 3.91. The second-order valence-corrected chi connectivity index (χ2v) is 5.19. The highest BCUT2D eigenvalue weighted by Gasteiger charge is 2.11. The van der Waals surface area contributed by atoms with Crippen molar-refractivity contribution in [3.8, 4) is 34.3 Å². The molecule has 1 heterocycles. The fourth-order valence-electron chi connectivity index (χ4n) is 2.63. The van der Waals surface area contributed by atoms with E-state index in [9.17, 15) is 0 Å². The number of fused-ring (bicyclic) bond motifs is 1. The Balaban J connectivity index is 2.14. The summed E-state index contributed by atoms with van der Waals surface area (Å²) in [5.74, 6) is 2.81. The van der Waals surface area contributed by atoms with Crippen LogP contribution in [-0.4, -0.2) is 33.4 Å². The normalized spacial score (nSPS) is 10.5. The molecule has 3 rings (SSSR count). The highest BCUT2D eigenvalue weighted by atomic mass is 16.5. The molecule has 0 atom stereocenters. The van der Waals surface area contributed by atoms with Gasteiger partial charge in [0.15, 0.2) is 11.5 Å². The van der Waals surface area contributed by atoms with E-state index in [1.165, 1.54) is 0 Å². The van der Waals surface area contributed by atoms with E-state index < -0.39 is 0 Å². The second-order valence-electron chi connectivity index (χ2n) is 5.19. The molecule has 2 aromatic carbocycles. The summed E-state index contributed by atoms with van der Waals surface area (Å²) in [5, 5.41) is 1.99. The van der Waals surface area contributed by atoms with Crippen molar-refractivity contribution in [2.75, 3.05) is 28.4 Å². The molecule has 0 saturated heterocycles. The van der Waals surface area contributed by atoms with Gasteiger partial charge in [-0.2, -0.15) is 0 Å².